The summed E-state index contributed by atoms with van der Waals surface area (Å²) in [4.78, 5) is 2.43. The highest BCUT2D eigenvalue weighted by molar-refractivity contribution is 7.89. The summed E-state index contributed by atoms with van der Waals surface area (Å²) in [5.74, 6) is -0.284. The van der Waals surface area contributed by atoms with E-state index in [1.54, 1.807) is 37.1 Å². The van der Waals surface area contributed by atoms with Gasteiger partial charge < -0.3 is 4.90 Å². The van der Waals surface area contributed by atoms with Crippen molar-refractivity contribution in [3.63, 3.8) is 0 Å². The first-order chi connectivity index (χ1) is 15.7. The van der Waals surface area contributed by atoms with Crippen molar-refractivity contribution in [1.82, 2.24) is 23.9 Å². The highest BCUT2D eigenvalue weighted by Gasteiger charge is 2.34. The molecule has 33 heavy (non-hydrogen) atoms. The molecule has 1 saturated heterocycles. The summed E-state index contributed by atoms with van der Waals surface area (Å²) in [6.45, 7) is 3.41. The lowest BCUT2D eigenvalue weighted by atomic mass is 10.1. The lowest BCUT2D eigenvalue weighted by Crippen LogP contribution is -2.39. The van der Waals surface area contributed by atoms with E-state index in [1.165, 1.54) is 33.5 Å². The topological polar surface area (TPSA) is 76.3 Å². The molecule has 0 saturated carbocycles. The summed E-state index contributed by atoms with van der Waals surface area (Å²) in [5.41, 5.74) is 3.87. The molecule has 0 radical (unpaired) electrons. The van der Waals surface area contributed by atoms with Crippen LogP contribution in [0.3, 0.4) is 0 Å². The van der Waals surface area contributed by atoms with Crippen LogP contribution >= 0.6 is 0 Å². The number of halogens is 1. The zero-order chi connectivity index (χ0) is 23.3. The molecule has 8 nitrogen and oxygen atoms in total. The molecule has 0 bridgehead atoms. The number of hydrogen-bond donors (Lipinski definition) is 0. The summed E-state index contributed by atoms with van der Waals surface area (Å²) in [5, 5.41) is 9.46. The van der Waals surface area contributed by atoms with Gasteiger partial charge in [0.1, 0.15) is 10.7 Å². The molecule has 1 aliphatic heterocycles. The average molecular weight is 469 g/mol. The van der Waals surface area contributed by atoms with E-state index in [4.69, 9.17) is 0 Å². The third-order valence-corrected chi connectivity index (χ3v) is 8.20. The van der Waals surface area contributed by atoms with E-state index < -0.39 is 10.0 Å². The van der Waals surface area contributed by atoms with Crippen molar-refractivity contribution >= 4 is 26.6 Å². The molecule has 10 heteroatoms. The fraction of sp³-hybridized carbons (Fsp3) is 0.304. The van der Waals surface area contributed by atoms with Gasteiger partial charge in [0.05, 0.1) is 23.6 Å². The molecular formula is C23H25FN6O2S. The van der Waals surface area contributed by atoms with Gasteiger partial charge in [0.2, 0.25) is 10.0 Å². The second-order valence-electron chi connectivity index (χ2n) is 8.49. The van der Waals surface area contributed by atoms with E-state index in [0.29, 0.717) is 6.54 Å². The van der Waals surface area contributed by atoms with Crippen LogP contribution in [0.15, 0.2) is 59.9 Å². The monoisotopic (exact) mass is 468 g/mol. The van der Waals surface area contributed by atoms with E-state index >= 15 is 0 Å². The molecule has 1 fully saturated rings. The normalized spacial score (nSPS) is 16.9. The Morgan fingerprint density at radius 3 is 2.58 bits per heavy atom. The van der Waals surface area contributed by atoms with Crippen LogP contribution < -0.4 is 4.90 Å². The molecule has 1 atom stereocenters. The smallest absolute Gasteiger partial charge is 0.246 e. The predicted molar refractivity (Wildman–Crippen MR) is 125 cm³/mol. The largest absolute Gasteiger partial charge is 0.370 e. The van der Waals surface area contributed by atoms with Crippen LogP contribution in [0.25, 0.3) is 16.6 Å². The first-order valence-electron chi connectivity index (χ1n) is 10.7. The van der Waals surface area contributed by atoms with Crippen LogP contribution in [0.1, 0.15) is 12.0 Å². The van der Waals surface area contributed by atoms with Crippen LogP contribution in [0.4, 0.5) is 10.1 Å². The van der Waals surface area contributed by atoms with E-state index in [9.17, 15) is 12.8 Å². The fourth-order valence-corrected chi connectivity index (χ4v) is 5.81. The molecule has 2 aromatic heterocycles. The summed E-state index contributed by atoms with van der Waals surface area (Å²) in [7, 11) is -0.259. The third-order valence-electron chi connectivity index (χ3n) is 6.33. The number of sulfonamides is 1. The van der Waals surface area contributed by atoms with E-state index in [1.807, 2.05) is 6.92 Å². The van der Waals surface area contributed by atoms with Gasteiger partial charge in [-0.2, -0.15) is 14.5 Å². The average Bonchev–Trinajstić information content (AvgIpc) is 3.53. The minimum absolute atomic E-state index is 0.132. The van der Waals surface area contributed by atoms with Crippen LogP contribution in [-0.4, -0.2) is 58.5 Å². The number of aromatic nitrogens is 4. The number of anilines is 1. The van der Waals surface area contributed by atoms with Gasteiger partial charge >= 0.3 is 0 Å². The molecule has 0 amide bonds. The molecule has 5 rings (SSSR count). The first kappa shape index (κ1) is 21.6. The highest BCUT2D eigenvalue weighted by Crippen LogP contribution is 2.32. The predicted octanol–water partition coefficient (Wildman–Crippen LogP) is 3.11. The second-order valence-corrected chi connectivity index (χ2v) is 10.5. The van der Waals surface area contributed by atoms with E-state index in [0.717, 1.165) is 40.8 Å². The molecule has 0 aliphatic carbocycles. The highest BCUT2D eigenvalue weighted by atomic mass is 32.2. The Morgan fingerprint density at radius 1 is 1.12 bits per heavy atom. The van der Waals surface area contributed by atoms with Crippen molar-refractivity contribution in [2.45, 2.75) is 24.3 Å². The van der Waals surface area contributed by atoms with Gasteiger partial charge in [-0.15, -0.1) is 0 Å². The van der Waals surface area contributed by atoms with Gasteiger partial charge in [0.25, 0.3) is 0 Å². The van der Waals surface area contributed by atoms with E-state index in [-0.39, 0.29) is 16.8 Å². The molecular weight excluding hydrogens is 443 g/mol. The van der Waals surface area contributed by atoms with E-state index in [2.05, 4.69) is 27.2 Å². The Bertz CT molecular complexity index is 1430. The third kappa shape index (κ3) is 3.79. The SMILES string of the molecule is Cc1cc2c(cnn2-c2ccc(F)cc2)cc1N1CC[C@H](N(C)S(=O)(=O)c2cnn(C)c2)C1. The molecule has 2 aromatic carbocycles. The molecule has 172 valence electrons. The van der Waals surface area contributed by atoms with Gasteiger partial charge in [-0.25, -0.2) is 17.5 Å². The van der Waals surface area contributed by atoms with Crippen LogP contribution in [0.5, 0.6) is 0 Å². The lowest BCUT2D eigenvalue weighted by molar-refractivity contribution is 0.390. The summed E-state index contributed by atoms with van der Waals surface area (Å²) >= 11 is 0. The van der Waals surface area contributed by atoms with Gasteiger partial charge in [-0.3, -0.25) is 4.68 Å². The zero-order valence-corrected chi connectivity index (χ0v) is 19.5. The first-order valence-corrected chi connectivity index (χ1v) is 12.1. The molecule has 0 spiro atoms. The van der Waals surface area contributed by atoms with Crippen molar-refractivity contribution in [2.75, 3.05) is 25.0 Å². The zero-order valence-electron chi connectivity index (χ0n) is 18.7. The van der Waals surface area contributed by atoms with Gasteiger partial charge in [0.15, 0.2) is 0 Å². The van der Waals surface area contributed by atoms with Crippen LogP contribution in [-0.2, 0) is 17.1 Å². The maximum Gasteiger partial charge on any atom is 0.246 e. The van der Waals surface area contributed by atoms with Crippen molar-refractivity contribution in [1.29, 1.82) is 0 Å². The number of hydrogen-bond acceptors (Lipinski definition) is 5. The van der Waals surface area contributed by atoms with Crippen molar-refractivity contribution in [2.24, 2.45) is 7.05 Å². The molecule has 4 aromatic rings. The minimum Gasteiger partial charge on any atom is -0.370 e. The van der Waals surface area contributed by atoms with Gasteiger partial charge in [0, 0.05) is 50.5 Å². The standard InChI is InChI=1S/C23H25FN6O2S/c1-16-10-23-17(12-26-30(23)19-6-4-18(24)5-7-19)11-22(16)29-9-8-20(14-29)28(3)33(31,32)21-13-25-27(2)15-21/h4-7,10-13,15,20H,8-9,14H2,1-3H3/t20-/m0/s1. The Kier molecular flexibility index (Phi) is 5.21. The van der Waals surface area contributed by atoms with Crippen molar-refractivity contribution in [3.05, 3.63) is 66.4 Å². The number of fused-ring (bicyclic) bond motifs is 1. The van der Waals surface area contributed by atoms with Gasteiger partial charge in [-0.05, 0) is 55.3 Å². The Labute approximate surface area is 191 Å². The quantitative estimate of drug-likeness (QED) is 0.450. The molecule has 1 aliphatic rings. The summed E-state index contributed by atoms with van der Waals surface area (Å²) in [6.07, 6.45) is 5.45. The number of aryl methyl sites for hydroxylation is 2. The maximum absolute atomic E-state index is 13.3. The summed E-state index contributed by atoms with van der Waals surface area (Å²) < 4.78 is 44.1. The lowest BCUT2D eigenvalue weighted by Gasteiger charge is -2.25. The minimum atomic E-state index is -3.60. The van der Waals surface area contributed by atoms with Crippen LogP contribution in [0.2, 0.25) is 0 Å². The van der Waals surface area contributed by atoms with Crippen molar-refractivity contribution < 1.29 is 12.8 Å². The Morgan fingerprint density at radius 2 is 1.88 bits per heavy atom. The number of nitrogens with zero attached hydrogens (tertiary/aromatic N) is 6. The Hall–Kier alpha value is -3.24. The molecule has 0 unspecified atom stereocenters. The second kappa shape index (κ2) is 7.96. The number of rotatable bonds is 5. The molecule has 3 heterocycles. The summed E-state index contributed by atoms with van der Waals surface area (Å²) in [6, 6.07) is 10.3. The van der Waals surface area contributed by atoms with Crippen molar-refractivity contribution in [3.8, 4) is 5.69 Å². The number of likely N-dealkylation sites (N-methyl/N-ethyl adjacent to an activating group) is 1. The van der Waals surface area contributed by atoms with Gasteiger partial charge in [-0.1, -0.05) is 0 Å². The fourth-order valence-electron chi connectivity index (χ4n) is 4.45. The number of benzene rings is 2. The Balaban J connectivity index is 1.40. The maximum atomic E-state index is 13.3. The van der Waals surface area contributed by atoms with Crippen LogP contribution in [0, 0.1) is 12.7 Å². The molecule has 0 N–H and O–H groups in total.